The van der Waals surface area contributed by atoms with Crippen LogP contribution in [-0.4, -0.2) is 35.8 Å². The second-order valence-electron chi connectivity index (χ2n) is 4.29. The first kappa shape index (κ1) is 10.7. The number of hydrogen-bond donors (Lipinski definition) is 1. The molecule has 0 radical (unpaired) electrons. The first-order valence-electron chi connectivity index (χ1n) is 5.57. The number of imide groups is 1. The van der Waals surface area contributed by atoms with Crippen LogP contribution >= 0.6 is 11.6 Å². The van der Waals surface area contributed by atoms with Crippen molar-refractivity contribution in [2.75, 3.05) is 13.1 Å². The van der Waals surface area contributed by atoms with Crippen LogP contribution < -0.4 is 5.32 Å². The van der Waals surface area contributed by atoms with E-state index in [1.54, 1.807) is 18.2 Å². The van der Waals surface area contributed by atoms with E-state index in [-0.39, 0.29) is 17.9 Å². The van der Waals surface area contributed by atoms with Crippen LogP contribution in [0.1, 0.15) is 27.1 Å². The van der Waals surface area contributed by atoms with E-state index in [0.29, 0.717) is 22.7 Å². The zero-order valence-corrected chi connectivity index (χ0v) is 9.83. The summed E-state index contributed by atoms with van der Waals surface area (Å²) in [5.41, 5.74) is 0.778. The topological polar surface area (TPSA) is 49.4 Å². The maximum atomic E-state index is 12.2. The molecule has 0 spiro atoms. The third kappa shape index (κ3) is 1.48. The number of benzene rings is 1. The van der Waals surface area contributed by atoms with Gasteiger partial charge in [0.25, 0.3) is 11.8 Å². The quantitative estimate of drug-likeness (QED) is 0.765. The SMILES string of the molecule is O=C1c2cccc(Cl)c2C(=O)N1C1CCNC1. The van der Waals surface area contributed by atoms with Gasteiger partial charge in [-0.2, -0.15) is 0 Å². The van der Waals surface area contributed by atoms with E-state index in [4.69, 9.17) is 11.6 Å². The van der Waals surface area contributed by atoms with Crippen LogP contribution in [0.4, 0.5) is 0 Å². The van der Waals surface area contributed by atoms with Gasteiger partial charge in [0.15, 0.2) is 0 Å². The van der Waals surface area contributed by atoms with Gasteiger partial charge in [-0.3, -0.25) is 14.5 Å². The summed E-state index contributed by atoms with van der Waals surface area (Å²) in [6, 6.07) is 4.95. The molecular formula is C12H11ClN2O2. The highest BCUT2D eigenvalue weighted by molar-refractivity contribution is 6.37. The van der Waals surface area contributed by atoms with E-state index >= 15 is 0 Å². The van der Waals surface area contributed by atoms with Crippen LogP contribution in [0.15, 0.2) is 18.2 Å². The molecule has 1 N–H and O–H groups in total. The van der Waals surface area contributed by atoms with Crippen molar-refractivity contribution in [3.8, 4) is 0 Å². The zero-order valence-electron chi connectivity index (χ0n) is 9.07. The molecule has 2 heterocycles. The fraction of sp³-hybridized carbons (Fsp3) is 0.333. The Bertz CT molecular complexity index is 509. The summed E-state index contributed by atoms with van der Waals surface area (Å²) < 4.78 is 0. The van der Waals surface area contributed by atoms with Crippen molar-refractivity contribution in [3.63, 3.8) is 0 Å². The van der Waals surface area contributed by atoms with Crippen molar-refractivity contribution in [2.45, 2.75) is 12.5 Å². The molecule has 0 saturated carbocycles. The molecule has 88 valence electrons. The summed E-state index contributed by atoms with van der Waals surface area (Å²) in [5, 5.41) is 3.51. The van der Waals surface area contributed by atoms with E-state index in [2.05, 4.69) is 5.32 Å². The number of amides is 2. The molecule has 2 aliphatic heterocycles. The Kier molecular flexibility index (Phi) is 2.42. The molecular weight excluding hydrogens is 240 g/mol. The van der Waals surface area contributed by atoms with Crippen LogP contribution in [0, 0.1) is 0 Å². The molecule has 0 aromatic heterocycles. The molecule has 2 amide bonds. The van der Waals surface area contributed by atoms with Crippen molar-refractivity contribution < 1.29 is 9.59 Å². The van der Waals surface area contributed by atoms with E-state index in [9.17, 15) is 9.59 Å². The lowest BCUT2D eigenvalue weighted by molar-refractivity contribution is 0.0597. The molecule has 3 rings (SSSR count). The van der Waals surface area contributed by atoms with Gasteiger partial charge in [-0.15, -0.1) is 0 Å². The third-order valence-electron chi connectivity index (χ3n) is 3.29. The predicted octanol–water partition coefficient (Wildman–Crippen LogP) is 1.30. The summed E-state index contributed by atoms with van der Waals surface area (Å²) in [4.78, 5) is 25.7. The van der Waals surface area contributed by atoms with Gasteiger partial charge in [0.2, 0.25) is 0 Å². The molecule has 17 heavy (non-hydrogen) atoms. The molecule has 1 unspecified atom stereocenters. The number of fused-ring (bicyclic) bond motifs is 1. The van der Waals surface area contributed by atoms with Crippen LogP contribution in [0.3, 0.4) is 0 Å². The Morgan fingerprint density at radius 1 is 1.29 bits per heavy atom. The fourth-order valence-corrected chi connectivity index (χ4v) is 2.71. The molecule has 1 fully saturated rings. The van der Waals surface area contributed by atoms with E-state index in [1.807, 2.05) is 0 Å². The van der Waals surface area contributed by atoms with Crippen molar-refractivity contribution in [3.05, 3.63) is 34.3 Å². The summed E-state index contributed by atoms with van der Waals surface area (Å²) in [7, 11) is 0. The minimum Gasteiger partial charge on any atom is -0.315 e. The first-order chi connectivity index (χ1) is 8.20. The van der Waals surface area contributed by atoms with Gasteiger partial charge in [0, 0.05) is 6.54 Å². The Morgan fingerprint density at radius 2 is 2.12 bits per heavy atom. The maximum absolute atomic E-state index is 12.2. The average molecular weight is 251 g/mol. The average Bonchev–Trinajstić information content (AvgIpc) is 2.88. The largest absolute Gasteiger partial charge is 0.315 e. The smallest absolute Gasteiger partial charge is 0.263 e. The highest BCUT2D eigenvalue weighted by atomic mass is 35.5. The second kappa shape index (κ2) is 3.82. The standard InChI is InChI=1S/C12H11ClN2O2/c13-9-3-1-2-8-10(9)12(17)15(11(8)16)7-4-5-14-6-7/h1-3,7,14H,4-6H2. The summed E-state index contributed by atoms with van der Waals surface area (Å²) >= 11 is 5.99. The van der Waals surface area contributed by atoms with Crippen molar-refractivity contribution in [1.82, 2.24) is 10.2 Å². The maximum Gasteiger partial charge on any atom is 0.263 e. The van der Waals surface area contributed by atoms with Gasteiger partial charge in [0.05, 0.1) is 22.2 Å². The fourth-order valence-electron chi connectivity index (χ4n) is 2.45. The molecule has 1 saturated heterocycles. The van der Waals surface area contributed by atoms with Crippen molar-refractivity contribution >= 4 is 23.4 Å². The number of nitrogens with one attached hydrogen (secondary N) is 1. The van der Waals surface area contributed by atoms with Crippen LogP contribution in [0.2, 0.25) is 5.02 Å². The van der Waals surface area contributed by atoms with E-state index in [1.165, 1.54) is 4.90 Å². The van der Waals surface area contributed by atoms with E-state index in [0.717, 1.165) is 13.0 Å². The molecule has 1 aromatic rings. The molecule has 1 aromatic carbocycles. The molecule has 0 bridgehead atoms. The number of halogens is 1. The van der Waals surface area contributed by atoms with Crippen molar-refractivity contribution in [1.29, 1.82) is 0 Å². The van der Waals surface area contributed by atoms with Gasteiger partial charge in [-0.05, 0) is 25.1 Å². The molecule has 0 aliphatic carbocycles. The minimum atomic E-state index is -0.260. The lowest BCUT2D eigenvalue weighted by Crippen LogP contribution is -2.41. The van der Waals surface area contributed by atoms with Crippen LogP contribution in [0.5, 0.6) is 0 Å². The number of carbonyl (C=O) groups excluding carboxylic acids is 2. The highest BCUT2D eigenvalue weighted by Crippen LogP contribution is 2.31. The first-order valence-corrected chi connectivity index (χ1v) is 5.95. The number of nitrogens with zero attached hydrogens (tertiary/aromatic N) is 1. The Labute approximate surface area is 104 Å². The lowest BCUT2D eigenvalue weighted by Gasteiger charge is -2.20. The molecule has 1 atom stereocenters. The monoisotopic (exact) mass is 250 g/mol. The van der Waals surface area contributed by atoms with Gasteiger partial charge in [-0.1, -0.05) is 17.7 Å². The predicted molar refractivity (Wildman–Crippen MR) is 63.2 cm³/mol. The second-order valence-corrected chi connectivity index (χ2v) is 4.70. The number of rotatable bonds is 1. The minimum absolute atomic E-state index is 0.0431. The normalized spacial score (nSPS) is 23.4. The summed E-state index contributed by atoms with van der Waals surface area (Å²) in [6.07, 6.45) is 0.809. The summed E-state index contributed by atoms with van der Waals surface area (Å²) in [6.45, 7) is 1.51. The Morgan fingerprint density at radius 3 is 2.76 bits per heavy atom. The van der Waals surface area contributed by atoms with Crippen molar-refractivity contribution in [2.24, 2.45) is 0 Å². The van der Waals surface area contributed by atoms with Gasteiger partial charge in [0.1, 0.15) is 0 Å². The van der Waals surface area contributed by atoms with Crippen LogP contribution in [-0.2, 0) is 0 Å². The Balaban J connectivity index is 2.05. The number of carbonyl (C=O) groups is 2. The molecule has 4 nitrogen and oxygen atoms in total. The van der Waals surface area contributed by atoms with Crippen LogP contribution in [0.25, 0.3) is 0 Å². The number of hydrogen-bond acceptors (Lipinski definition) is 3. The zero-order chi connectivity index (χ0) is 12.0. The third-order valence-corrected chi connectivity index (χ3v) is 3.61. The Hall–Kier alpha value is -1.39. The highest BCUT2D eigenvalue weighted by Gasteiger charge is 2.41. The van der Waals surface area contributed by atoms with Gasteiger partial charge >= 0.3 is 0 Å². The lowest BCUT2D eigenvalue weighted by atomic mass is 10.1. The summed E-state index contributed by atoms with van der Waals surface area (Å²) in [5.74, 6) is -0.481. The van der Waals surface area contributed by atoms with E-state index < -0.39 is 0 Å². The van der Waals surface area contributed by atoms with Gasteiger partial charge < -0.3 is 5.32 Å². The van der Waals surface area contributed by atoms with Gasteiger partial charge in [-0.25, -0.2) is 0 Å². The molecule has 5 heteroatoms. The molecule has 2 aliphatic rings.